The van der Waals surface area contributed by atoms with E-state index in [9.17, 15) is 9.59 Å². The fourth-order valence-electron chi connectivity index (χ4n) is 2.89. The van der Waals surface area contributed by atoms with E-state index in [4.69, 9.17) is 16.3 Å². The van der Waals surface area contributed by atoms with Crippen molar-refractivity contribution in [1.29, 1.82) is 0 Å². The lowest BCUT2D eigenvalue weighted by molar-refractivity contribution is 0.0601. The van der Waals surface area contributed by atoms with Gasteiger partial charge >= 0.3 is 5.97 Å². The number of thiophene rings is 2. The number of hydrogen-bond donors (Lipinski definition) is 1. The molecule has 2 heterocycles. The Kier molecular flexibility index (Phi) is 5.37. The Balaban J connectivity index is 2.01. The molecule has 0 saturated carbocycles. The Hall–Kier alpha value is -1.89. The summed E-state index contributed by atoms with van der Waals surface area (Å²) in [5, 5.41) is 4.65. The van der Waals surface area contributed by atoms with Gasteiger partial charge < -0.3 is 10.1 Å². The van der Waals surface area contributed by atoms with Gasteiger partial charge in [0.25, 0.3) is 5.91 Å². The first-order valence-corrected chi connectivity index (χ1v) is 10.1. The molecule has 0 aliphatic carbocycles. The van der Waals surface area contributed by atoms with Crippen LogP contribution >= 0.6 is 34.3 Å². The van der Waals surface area contributed by atoms with Crippen LogP contribution in [-0.4, -0.2) is 19.0 Å². The van der Waals surface area contributed by atoms with Crippen molar-refractivity contribution in [1.82, 2.24) is 0 Å². The quantitative estimate of drug-likeness (QED) is 0.553. The van der Waals surface area contributed by atoms with E-state index in [1.54, 1.807) is 0 Å². The van der Waals surface area contributed by atoms with Crippen LogP contribution in [0.15, 0.2) is 18.2 Å². The number of carbonyl (C=O) groups excluding carboxylic acids is 2. The molecule has 3 rings (SSSR count). The number of aryl methyl sites for hydroxylation is 2. The largest absolute Gasteiger partial charge is 0.465 e. The van der Waals surface area contributed by atoms with E-state index >= 15 is 0 Å². The van der Waals surface area contributed by atoms with Crippen molar-refractivity contribution < 1.29 is 14.3 Å². The number of anilines is 1. The second kappa shape index (κ2) is 7.39. The molecular weight excluding hydrogens is 390 g/mol. The lowest BCUT2D eigenvalue weighted by Crippen LogP contribution is -2.13. The number of carbonyl (C=O) groups is 2. The molecule has 1 N–H and O–H groups in total. The van der Waals surface area contributed by atoms with Gasteiger partial charge in [0.15, 0.2) is 0 Å². The van der Waals surface area contributed by atoms with Crippen molar-refractivity contribution in [2.45, 2.75) is 27.2 Å². The number of halogens is 1. The molecule has 0 aliphatic heterocycles. The maximum absolute atomic E-state index is 12.8. The summed E-state index contributed by atoms with van der Waals surface area (Å²) in [6, 6.07) is 5.89. The zero-order valence-corrected chi connectivity index (χ0v) is 17.2. The first kappa shape index (κ1) is 18.9. The standard InChI is InChI=1S/C19H18ClNO3S2/c1-5-11-10(3)25-18(14(11)19(23)24-4)21-17(22)16-15(20)12-7-6-9(2)8-13(12)26-16/h6-8H,5H2,1-4H3,(H,21,22). The summed E-state index contributed by atoms with van der Waals surface area (Å²) in [5.74, 6) is -0.762. The number of fused-ring (bicyclic) bond motifs is 1. The number of benzene rings is 1. The molecule has 0 fully saturated rings. The summed E-state index contributed by atoms with van der Waals surface area (Å²) >= 11 is 9.15. The van der Waals surface area contributed by atoms with E-state index in [0.717, 1.165) is 26.1 Å². The molecular formula is C19H18ClNO3S2. The summed E-state index contributed by atoms with van der Waals surface area (Å²) in [6.45, 7) is 5.90. The van der Waals surface area contributed by atoms with Gasteiger partial charge in [-0.3, -0.25) is 4.79 Å². The predicted octanol–water partition coefficient (Wildman–Crippen LogP) is 5.83. The molecule has 0 atom stereocenters. The van der Waals surface area contributed by atoms with Crippen molar-refractivity contribution in [2.75, 3.05) is 12.4 Å². The normalized spacial score (nSPS) is 11.0. The number of ether oxygens (including phenoxy) is 1. The summed E-state index contributed by atoms with van der Waals surface area (Å²) in [5.41, 5.74) is 2.44. The monoisotopic (exact) mass is 407 g/mol. The van der Waals surface area contributed by atoms with E-state index in [0.29, 0.717) is 26.9 Å². The van der Waals surface area contributed by atoms with Crippen LogP contribution in [0.25, 0.3) is 10.1 Å². The van der Waals surface area contributed by atoms with Crippen molar-refractivity contribution in [3.05, 3.63) is 49.7 Å². The molecule has 1 amide bonds. The summed E-state index contributed by atoms with van der Waals surface area (Å²) < 4.78 is 5.86. The van der Waals surface area contributed by atoms with Crippen LogP contribution < -0.4 is 5.32 Å². The van der Waals surface area contributed by atoms with E-state index in [2.05, 4.69) is 5.32 Å². The number of nitrogens with one attached hydrogen (secondary N) is 1. The van der Waals surface area contributed by atoms with Crippen molar-refractivity contribution in [2.24, 2.45) is 0 Å². The number of amides is 1. The Labute approximate surface area is 164 Å². The second-order valence-electron chi connectivity index (χ2n) is 5.88. The second-order valence-corrected chi connectivity index (χ2v) is 8.54. The van der Waals surface area contributed by atoms with Crippen molar-refractivity contribution in [3.8, 4) is 0 Å². The van der Waals surface area contributed by atoms with Crippen molar-refractivity contribution in [3.63, 3.8) is 0 Å². The van der Waals surface area contributed by atoms with Crippen LogP contribution in [0.1, 0.15) is 43.0 Å². The molecule has 0 bridgehead atoms. The first-order valence-electron chi connectivity index (χ1n) is 8.07. The Morgan fingerprint density at radius 1 is 1.23 bits per heavy atom. The SMILES string of the molecule is CCc1c(C)sc(NC(=O)c2sc3cc(C)ccc3c2Cl)c1C(=O)OC. The highest BCUT2D eigenvalue weighted by Crippen LogP contribution is 2.38. The van der Waals surface area contributed by atoms with Gasteiger partial charge in [-0.2, -0.15) is 0 Å². The van der Waals surface area contributed by atoms with Crippen LogP contribution in [0.4, 0.5) is 5.00 Å². The predicted molar refractivity (Wildman–Crippen MR) is 109 cm³/mol. The average Bonchev–Trinajstić information content (AvgIpc) is 3.10. The van der Waals surface area contributed by atoms with E-state index in [1.807, 2.05) is 39.0 Å². The summed E-state index contributed by atoms with van der Waals surface area (Å²) in [6.07, 6.45) is 0.686. The first-order chi connectivity index (χ1) is 12.4. The summed E-state index contributed by atoms with van der Waals surface area (Å²) in [4.78, 5) is 26.5. The number of hydrogen-bond acceptors (Lipinski definition) is 5. The average molecular weight is 408 g/mol. The van der Waals surface area contributed by atoms with Gasteiger partial charge in [0.2, 0.25) is 0 Å². The molecule has 0 unspecified atom stereocenters. The molecule has 1 aromatic carbocycles. The summed E-state index contributed by atoms with van der Waals surface area (Å²) in [7, 11) is 1.34. The van der Waals surface area contributed by atoms with Gasteiger partial charge in [-0.15, -0.1) is 22.7 Å². The van der Waals surface area contributed by atoms with Crippen LogP contribution in [0.2, 0.25) is 5.02 Å². The molecule has 2 aromatic heterocycles. The molecule has 3 aromatic rings. The van der Waals surface area contributed by atoms with Gasteiger partial charge in [-0.25, -0.2) is 4.79 Å². The fraction of sp³-hybridized carbons (Fsp3) is 0.263. The third-order valence-corrected chi connectivity index (χ3v) is 6.89. The molecule has 0 spiro atoms. The van der Waals surface area contributed by atoms with E-state index in [-0.39, 0.29) is 5.91 Å². The maximum Gasteiger partial charge on any atom is 0.341 e. The zero-order valence-electron chi connectivity index (χ0n) is 14.9. The van der Waals surface area contributed by atoms with Crippen LogP contribution in [0.5, 0.6) is 0 Å². The maximum atomic E-state index is 12.8. The highest BCUT2D eigenvalue weighted by Gasteiger charge is 2.25. The molecule has 0 saturated heterocycles. The highest BCUT2D eigenvalue weighted by atomic mass is 35.5. The lowest BCUT2D eigenvalue weighted by Gasteiger charge is -2.06. The zero-order chi connectivity index (χ0) is 19.0. The van der Waals surface area contributed by atoms with Gasteiger partial charge in [-0.05, 0) is 37.5 Å². The Bertz CT molecular complexity index is 1020. The molecule has 136 valence electrons. The molecule has 0 aliphatic rings. The van der Waals surface area contributed by atoms with Crippen LogP contribution in [0, 0.1) is 13.8 Å². The van der Waals surface area contributed by atoms with E-state index < -0.39 is 5.97 Å². The lowest BCUT2D eigenvalue weighted by atomic mass is 10.1. The third-order valence-electron chi connectivity index (χ3n) is 4.17. The Morgan fingerprint density at radius 3 is 2.62 bits per heavy atom. The number of esters is 1. The van der Waals surface area contributed by atoms with Crippen LogP contribution in [0.3, 0.4) is 0 Å². The minimum Gasteiger partial charge on any atom is -0.465 e. The van der Waals surface area contributed by atoms with Crippen molar-refractivity contribution >= 4 is 61.2 Å². The Morgan fingerprint density at radius 2 is 1.96 bits per heavy atom. The molecule has 26 heavy (non-hydrogen) atoms. The minimum atomic E-state index is -0.445. The topological polar surface area (TPSA) is 55.4 Å². The molecule has 0 radical (unpaired) electrons. The fourth-order valence-corrected chi connectivity index (χ4v) is 5.53. The van der Waals surface area contributed by atoms with Gasteiger partial charge in [0, 0.05) is 15.0 Å². The highest BCUT2D eigenvalue weighted by molar-refractivity contribution is 7.22. The van der Waals surface area contributed by atoms with Gasteiger partial charge in [0.05, 0.1) is 17.7 Å². The van der Waals surface area contributed by atoms with Gasteiger partial charge in [0.1, 0.15) is 9.88 Å². The number of rotatable bonds is 4. The molecule has 7 heteroatoms. The molecule has 4 nitrogen and oxygen atoms in total. The minimum absolute atomic E-state index is 0.317. The smallest absolute Gasteiger partial charge is 0.341 e. The van der Waals surface area contributed by atoms with Gasteiger partial charge in [-0.1, -0.05) is 30.7 Å². The third kappa shape index (κ3) is 3.24. The number of methoxy groups -OCH3 is 1. The van der Waals surface area contributed by atoms with Crippen LogP contribution in [-0.2, 0) is 11.2 Å². The van der Waals surface area contributed by atoms with E-state index in [1.165, 1.54) is 29.8 Å².